The first-order valence-electron chi connectivity index (χ1n) is 7.97. The van der Waals surface area contributed by atoms with Crippen LogP contribution in [0.4, 0.5) is 0 Å². The molecular weight excluding hydrogens is 302 g/mol. The fraction of sp³-hybridized carbons (Fsp3) is 0.263. The van der Waals surface area contributed by atoms with Crippen molar-refractivity contribution < 1.29 is 9.53 Å². The van der Waals surface area contributed by atoms with Crippen LogP contribution in [0, 0.1) is 13.8 Å². The Hall–Kier alpha value is -2.82. The van der Waals surface area contributed by atoms with E-state index in [1.54, 1.807) is 0 Å². The predicted octanol–water partition coefficient (Wildman–Crippen LogP) is 3.44. The van der Waals surface area contributed by atoms with Gasteiger partial charge in [0.15, 0.2) is 6.61 Å². The summed E-state index contributed by atoms with van der Waals surface area (Å²) in [5.74, 6) is 1.33. The second-order valence-corrected chi connectivity index (χ2v) is 5.94. The Bertz CT molecular complexity index is 817. The van der Waals surface area contributed by atoms with Crippen LogP contribution in [-0.2, 0) is 4.79 Å². The van der Waals surface area contributed by atoms with Crippen molar-refractivity contribution >= 4 is 16.9 Å². The molecule has 0 bridgehead atoms. The van der Waals surface area contributed by atoms with Gasteiger partial charge in [-0.3, -0.25) is 4.79 Å². The average molecular weight is 323 g/mol. The number of aromatic amines is 1. The first-order valence-corrected chi connectivity index (χ1v) is 7.97. The van der Waals surface area contributed by atoms with Crippen LogP contribution in [-0.4, -0.2) is 22.5 Å². The minimum atomic E-state index is -0.216. The summed E-state index contributed by atoms with van der Waals surface area (Å²) in [5.41, 5.74) is 3.89. The smallest absolute Gasteiger partial charge is 0.258 e. The summed E-state index contributed by atoms with van der Waals surface area (Å²) in [6.07, 6.45) is 0. The molecule has 2 N–H and O–H groups in total. The quantitative estimate of drug-likeness (QED) is 0.756. The third kappa shape index (κ3) is 3.40. The maximum Gasteiger partial charge on any atom is 0.258 e. The highest BCUT2D eigenvalue weighted by atomic mass is 16.5. The zero-order chi connectivity index (χ0) is 17.1. The molecule has 2 aromatic carbocycles. The van der Waals surface area contributed by atoms with E-state index in [-0.39, 0.29) is 18.6 Å². The number of carbonyl (C=O) groups is 1. The lowest BCUT2D eigenvalue weighted by Gasteiger charge is -2.14. The number of nitrogens with zero attached hydrogens (tertiary/aromatic N) is 1. The fourth-order valence-electron chi connectivity index (χ4n) is 2.69. The first-order chi connectivity index (χ1) is 11.5. The topological polar surface area (TPSA) is 67.0 Å². The van der Waals surface area contributed by atoms with E-state index in [2.05, 4.69) is 15.3 Å². The van der Waals surface area contributed by atoms with Gasteiger partial charge in [0.25, 0.3) is 5.91 Å². The third-order valence-corrected chi connectivity index (χ3v) is 3.95. The Morgan fingerprint density at radius 2 is 1.88 bits per heavy atom. The second kappa shape index (κ2) is 6.74. The van der Waals surface area contributed by atoms with Gasteiger partial charge in [-0.25, -0.2) is 4.98 Å². The van der Waals surface area contributed by atoms with E-state index >= 15 is 0 Å². The molecular formula is C19H21N3O2. The number of ether oxygens (including phenoxy) is 1. The molecule has 124 valence electrons. The van der Waals surface area contributed by atoms with E-state index in [0.29, 0.717) is 0 Å². The second-order valence-electron chi connectivity index (χ2n) is 5.94. The van der Waals surface area contributed by atoms with Crippen LogP contribution in [0.5, 0.6) is 5.75 Å². The van der Waals surface area contributed by atoms with E-state index in [0.717, 1.165) is 33.7 Å². The lowest BCUT2D eigenvalue weighted by molar-refractivity contribution is -0.123. The molecule has 0 fully saturated rings. The molecule has 0 saturated heterocycles. The van der Waals surface area contributed by atoms with E-state index in [1.807, 2.05) is 63.2 Å². The minimum Gasteiger partial charge on any atom is -0.483 e. The number of imidazole rings is 1. The van der Waals surface area contributed by atoms with Gasteiger partial charge in [-0.15, -0.1) is 0 Å². The normalized spacial score (nSPS) is 12.1. The summed E-state index contributed by atoms with van der Waals surface area (Å²) in [5, 5.41) is 2.91. The minimum absolute atomic E-state index is 0.0176. The van der Waals surface area contributed by atoms with Crippen LogP contribution in [0.25, 0.3) is 11.0 Å². The van der Waals surface area contributed by atoms with Crippen molar-refractivity contribution in [2.45, 2.75) is 26.8 Å². The third-order valence-electron chi connectivity index (χ3n) is 3.95. The highest BCUT2D eigenvalue weighted by molar-refractivity contribution is 5.78. The molecule has 1 unspecified atom stereocenters. The molecule has 3 aromatic rings. The lowest BCUT2D eigenvalue weighted by atomic mass is 10.1. The zero-order valence-corrected chi connectivity index (χ0v) is 14.1. The van der Waals surface area contributed by atoms with Crippen LogP contribution in [0.3, 0.4) is 0 Å². The molecule has 1 heterocycles. The molecule has 0 aliphatic heterocycles. The zero-order valence-electron chi connectivity index (χ0n) is 14.1. The van der Waals surface area contributed by atoms with Crippen molar-refractivity contribution in [2.24, 2.45) is 0 Å². The van der Waals surface area contributed by atoms with Crippen LogP contribution < -0.4 is 10.1 Å². The van der Waals surface area contributed by atoms with Gasteiger partial charge in [-0.05, 0) is 44.0 Å². The average Bonchev–Trinajstić information content (AvgIpc) is 2.98. The van der Waals surface area contributed by atoms with Gasteiger partial charge in [0, 0.05) is 0 Å². The number of rotatable bonds is 5. The van der Waals surface area contributed by atoms with Crippen LogP contribution in [0.15, 0.2) is 42.5 Å². The number of aromatic nitrogens is 2. The van der Waals surface area contributed by atoms with Crippen molar-refractivity contribution in [3.05, 3.63) is 59.4 Å². The highest BCUT2D eigenvalue weighted by Gasteiger charge is 2.14. The predicted molar refractivity (Wildman–Crippen MR) is 94.1 cm³/mol. The molecule has 0 radical (unpaired) electrons. The molecule has 5 heteroatoms. The van der Waals surface area contributed by atoms with Crippen molar-refractivity contribution in [2.75, 3.05) is 6.61 Å². The van der Waals surface area contributed by atoms with Gasteiger partial charge in [0.05, 0.1) is 17.1 Å². The number of amides is 1. The Balaban J connectivity index is 1.62. The van der Waals surface area contributed by atoms with Crippen LogP contribution >= 0.6 is 0 Å². The summed E-state index contributed by atoms with van der Waals surface area (Å²) in [7, 11) is 0. The Morgan fingerprint density at radius 1 is 1.17 bits per heavy atom. The SMILES string of the molecule is Cc1cccc(C)c1OCC(=O)NC(C)c1nc2ccccc2[nH]1. The number of nitrogens with one attached hydrogen (secondary N) is 2. The van der Waals surface area contributed by atoms with E-state index < -0.39 is 0 Å². The summed E-state index contributed by atoms with van der Waals surface area (Å²) in [6, 6.07) is 13.5. The Labute approximate surface area is 141 Å². The maximum absolute atomic E-state index is 12.2. The van der Waals surface area contributed by atoms with Crippen molar-refractivity contribution in [1.29, 1.82) is 0 Å². The number of hydrogen-bond donors (Lipinski definition) is 2. The molecule has 5 nitrogen and oxygen atoms in total. The summed E-state index contributed by atoms with van der Waals surface area (Å²) in [4.78, 5) is 19.9. The number of benzene rings is 2. The molecule has 0 aliphatic carbocycles. The van der Waals surface area contributed by atoms with Crippen molar-refractivity contribution in [3.8, 4) is 5.75 Å². The van der Waals surface area contributed by atoms with Crippen molar-refractivity contribution in [1.82, 2.24) is 15.3 Å². The van der Waals surface area contributed by atoms with Crippen LogP contribution in [0.2, 0.25) is 0 Å². The Kier molecular flexibility index (Phi) is 4.51. The number of hydrogen-bond acceptors (Lipinski definition) is 3. The summed E-state index contributed by atoms with van der Waals surface area (Å²) >= 11 is 0. The molecule has 0 aliphatic rings. The number of fused-ring (bicyclic) bond motifs is 1. The number of H-pyrrole nitrogens is 1. The van der Waals surface area contributed by atoms with Gasteiger partial charge in [0.2, 0.25) is 0 Å². The number of carbonyl (C=O) groups excluding carboxylic acids is 1. The van der Waals surface area contributed by atoms with Crippen LogP contribution in [0.1, 0.15) is 29.9 Å². The number of aryl methyl sites for hydroxylation is 2. The van der Waals surface area contributed by atoms with E-state index in [9.17, 15) is 4.79 Å². The van der Waals surface area contributed by atoms with Gasteiger partial charge >= 0.3 is 0 Å². The Morgan fingerprint density at radius 3 is 2.58 bits per heavy atom. The summed E-state index contributed by atoms with van der Waals surface area (Å²) in [6.45, 7) is 5.82. The lowest BCUT2D eigenvalue weighted by Crippen LogP contribution is -2.32. The van der Waals surface area contributed by atoms with Gasteiger partial charge in [0.1, 0.15) is 11.6 Å². The molecule has 1 aromatic heterocycles. The largest absolute Gasteiger partial charge is 0.483 e. The monoisotopic (exact) mass is 323 g/mol. The highest BCUT2D eigenvalue weighted by Crippen LogP contribution is 2.22. The standard InChI is InChI=1S/C19H21N3O2/c1-12-7-6-8-13(2)18(12)24-11-17(23)20-14(3)19-21-15-9-4-5-10-16(15)22-19/h4-10,14H,11H2,1-3H3,(H,20,23)(H,21,22). The maximum atomic E-state index is 12.2. The van der Waals surface area contributed by atoms with Crippen molar-refractivity contribution in [3.63, 3.8) is 0 Å². The molecule has 1 atom stereocenters. The summed E-state index contributed by atoms with van der Waals surface area (Å²) < 4.78 is 5.68. The first kappa shape index (κ1) is 16.1. The van der Waals surface area contributed by atoms with Gasteiger partial charge in [-0.2, -0.15) is 0 Å². The molecule has 3 rings (SSSR count). The molecule has 1 amide bonds. The molecule has 24 heavy (non-hydrogen) atoms. The fourth-order valence-corrected chi connectivity index (χ4v) is 2.69. The van der Waals surface area contributed by atoms with E-state index in [4.69, 9.17) is 4.74 Å². The van der Waals surface area contributed by atoms with Gasteiger partial charge < -0.3 is 15.0 Å². The number of para-hydroxylation sites is 3. The van der Waals surface area contributed by atoms with Gasteiger partial charge in [-0.1, -0.05) is 30.3 Å². The molecule has 0 spiro atoms. The van der Waals surface area contributed by atoms with E-state index in [1.165, 1.54) is 0 Å². The molecule has 0 saturated carbocycles.